The number of rotatable bonds is 5. The Bertz CT molecular complexity index is 1710. The van der Waals surface area contributed by atoms with E-state index in [2.05, 4.69) is 38.1 Å². The highest BCUT2D eigenvalue weighted by Crippen LogP contribution is 2.48. The number of methoxy groups -OCH3 is 2. The second-order valence-electron chi connectivity index (χ2n) is 10.1. The first kappa shape index (κ1) is 26.6. The van der Waals surface area contributed by atoms with Crippen LogP contribution in [-0.4, -0.2) is 19.3 Å². The molecule has 39 heavy (non-hydrogen) atoms. The van der Waals surface area contributed by atoms with E-state index in [0.29, 0.717) is 33.9 Å². The first-order valence-corrected chi connectivity index (χ1v) is 13.8. The Morgan fingerprint density at radius 1 is 0.590 bits per heavy atom. The molecular weight excluding hydrogens is 511 g/mol. The highest BCUT2D eigenvalue weighted by atomic mass is 31.1. The van der Waals surface area contributed by atoms with E-state index in [1.54, 1.807) is 26.4 Å². The molecule has 0 aliphatic heterocycles. The topological polar surface area (TPSA) is 74.2 Å². The summed E-state index contributed by atoms with van der Waals surface area (Å²) in [4.78, 5) is 0. The fourth-order valence-electron chi connectivity index (χ4n) is 5.08. The van der Waals surface area contributed by atoms with Crippen molar-refractivity contribution in [3.05, 3.63) is 81.9 Å². The molecule has 1 N–H and O–H groups in total. The Morgan fingerprint density at radius 2 is 1.08 bits per heavy atom. The molecule has 0 fully saturated rings. The summed E-state index contributed by atoms with van der Waals surface area (Å²) in [6.07, 6.45) is 0. The van der Waals surface area contributed by atoms with Gasteiger partial charge in [0.15, 0.2) is 0 Å². The molecule has 0 bridgehead atoms. The van der Waals surface area contributed by atoms with Crippen LogP contribution in [0.3, 0.4) is 0 Å². The summed E-state index contributed by atoms with van der Waals surface area (Å²) in [7, 11) is 1.29. The Kier molecular flexibility index (Phi) is 7.00. The Hall–Kier alpha value is -4.02. The summed E-state index contributed by atoms with van der Waals surface area (Å²) in [5.74, 6) is 1.93. The summed E-state index contributed by atoms with van der Waals surface area (Å²) in [5.41, 5.74) is 8.47. The minimum atomic E-state index is -1.92. The van der Waals surface area contributed by atoms with Gasteiger partial charge >= 0.3 is 8.24 Å². The lowest BCUT2D eigenvalue weighted by atomic mass is 9.98. The maximum atomic E-state index is 11.1. The van der Waals surface area contributed by atoms with Crippen molar-refractivity contribution >= 4 is 30.2 Å². The summed E-state index contributed by atoms with van der Waals surface area (Å²) in [6, 6.07) is 15.8. The summed E-state index contributed by atoms with van der Waals surface area (Å²) in [6.45, 7) is 12.0. The zero-order valence-corrected chi connectivity index (χ0v) is 24.4. The van der Waals surface area contributed by atoms with E-state index in [-0.39, 0.29) is 5.75 Å². The van der Waals surface area contributed by atoms with Gasteiger partial charge in [0.25, 0.3) is 0 Å². The molecule has 7 heteroatoms. The minimum Gasteiger partial charge on any atom is -0.507 e. The lowest BCUT2D eigenvalue weighted by Gasteiger charge is -2.17. The van der Waals surface area contributed by atoms with Gasteiger partial charge in [-0.3, -0.25) is 0 Å². The van der Waals surface area contributed by atoms with E-state index in [1.807, 2.05) is 39.8 Å². The molecular formula is C32H33O6P. The number of benzene rings is 4. The summed E-state index contributed by atoms with van der Waals surface area (Å²) in [5, 5.41) is 13.0. The van der Waals surface area contributed by atoms with E-state index in [0.717, 1.165) is 49.8 Å². The third kappa shape index (κ3) is 4.93. The van der Waals surface area contributed by atoms with Gasteiger partial charge in [0, 0.05) is 21.9 Å². The van der Waals surface area contributed by atoms with E-state index >= 15 is 0 Å². The van der Waals surface area contributed by atoms with Crippen LogP contribution in [0.25, 0.3) is 33.1 Å². The van der Waals surface area contributed by atoms with Crippen molar-refractivity contribution in [2.45, 2.75) is 41.5 Å². The molecule has 1 heterocycles. The van der Waals surface area contributed by atoms with Crippen molar-refractivity contribution in [2.24, 2.45) is 0 Å². The zero-order valence-electron chi connectivity index (χ0n) is 23.6. The molecule has 5 aromatic rings. The van der Waals surface area contributed by atoms with E-state index in [4.69, 9.17) is 22.4 Å². The number of fused-ring (bicyclic) bond motifs is 3. The van der Waals surface area contributed by atoms with Crippen LogP contribution >= 0.6 is 8.24 Å². The SMILES string of the molecule is COc1cc(C)c(O)c(-c2cc(OC)cc(C)c2Op2oc3c(C)cc(C)cc3c3cc(C)cc(C)c3o2)c1. The number of phenolic OH excluding ortho intramolecular Hbond substituents is 1. The first-order valence-electron chi connectivity index (χ1n) is 12.7. The number of phenols is 1. The highest BCUT2D eigenvalue weighted by molar-refractivity contribution is 7.32. The van der Waals surface area contributed by atoms with Gasteiger partial charge in [-0.1, -0.05) is 12.1 Å². The Morgan fingerprint density at radius 3 is 1.59 bits per heavy atom. The van der Waals surface area contributed by atoms with Gasteiger partial charge in [0.05, 0.1) is 14.2 Å². The third-order valence-corrected chi connectivity index (χ3v) is 7.90. The first-order chi connectivity index (χ1) is 18.6. The van der Waals surface area contributed by atoms with E-state index in [9.17, 15) is 5.11 Å². The maximum absolute atomic E-state index is 11.1. The fraction of sp³-hybridized carbons (Fsp3) is 0.250. The molecule has 5 rings (SSSR count). The molecule has 0 atom stereocenters. The van der Waals surface area contributed by atoms with Gasteiger partial charge in [0.2, 0.25) is 0 Å². The van der Waals surface area contributed by atoms with E-state index < -0.39 is 8.24 Å². The van der Waals surface area contributed by atoms with Gasteiger partial charge in [-0.15, -0.1) is 0 Å². The summed E-state index contributed by atoms with van der Waals surface area (Å²) >= 11 is 0. The van der Waals surface area contributed by atoms with Crippen LogP contribution in [0.5, 0.6) is 23.0 Å². The largest absolute Gasteiger partial charge is 0.507 e. The number of hydrogen-bond acceptors (Lipinski definition) is 6. The Balaban J connectivity index is 1.82. The van der Waals surface area contributed by atoms with Crippen LogP contribution in [0.2, 0.25) is 0 Å². The van der Waals surface area contributed by atoms with Gasteiger partial charge in [-0.25, -0.2) is 0 Å². The second-order valence-corrected chi connectivity index (χ2v) is 11.1. The average molecular weight is 545 g/mol. The summed E-state index contributed by atoms with van der Waals surface area (Å²) < 4.78 is 30.7. The number of aryl methyl sites for hydroxylation is 6. The van der Waals surface area contributed by atoms with Crippen molar-refractivity contribution in [3.63, 3.8) is 0 Å². The molecule has 1 aromatic heterocycles. The quantitative estimate of drug-likeness (QED) is 0.238. The van der Waals surface area contributed by atoms with Crippen LogP contribution in [0, 0.1) is 41.5 Å². The van der Waals surface area contributed by atoms with Crippen LogP contribution in [-0.2, 0) is 0 Å². The van der Waals surface area contributed by atoms with Crippen molar-refractivity contribution in [3.8, 4) is 34.1 Å². The van der Waals surface area contributed by atoms with Crippen LogP contribution in [0.15, 0.2) is 56.9 Å². The second kappa shape index (κ2) is 10.3. The van der Waals surface area contributed by atoms with Crippen molar-refractivity contribution in [2.75, 3.05) is 14.2 Å². The predicted octanol–water partition coefficient (Wildman–Crippen LogP) is 9.37. The molecule has 0 unspecified atom stereocenters. The highest BCUT2D eigenvalue weighted by Gasteiger charge is 2.21. The molecule has 0 aliphatic rings. The van der Waals surface area contributed by atoms with Crippen LogP contribution in [0.1, 0.15) is 33.4 Å². The minimum absolute atomic E-state index is 0.136. The van der Waals surface area contributed by atoms with Gasteiger partial charge in [0.1, 0.15) is 34.2 Å². The standard InChI is InChI=1S/C32H33O6P/c1-17-9-20(4)30-26(11-17)27-12-18(2)10-21(5)31(27)37-39(36-30)38-32-22(6)14-24(35-8)16-28(32)25-15-23(34-7)13-19(3)29(25)33/h9-16,33H,1-8H3. The third-order valence-electron chi connectivity index (χ3n) is 6.91. The normalized spacial score (nSPS) is 11.2. The predicted molar refractivity (Wildman–Crippen MR) is 157 cm³/mol. The molecule has 202 valence electrons. The van der Waals surface area contributed by atoms with Crippen molar-refractivity contribution in [1.29, 1.82) is 0 Å². The average Bonchev–Trinajstić information content (AvgIpc) is 3.04. The molecule has 0 aliphatic carbocycles. The maximum Gasteiger partial charge on any atom is 0.453 e. The number of ether oxygens (including phenoxy) is 2. The van der Waals surface area contributed by atoms with Crippen LogP contribution in [0.4, 0.5) is 0 Å². The molecule has 0 spiro atoms. The fourth-order valence-corrected chi connectivity index (χ4v) is 6.37. The van der Waals surface area contributed by atoms with Crippen molar-refractivity contribution in [1.82, 2.24) is 0 Å². The smallest absolute Gasteiger partial charge is 0.453 e. The number of aromatic hydroxyl groups is 1. The van der Waals surface area contributed by atoms with E-state index in [1.165, 1.54) is 0 Å². The van der Waals surface area contributed by atoms with Crippen LogP contribution < -0.4 is 14.0 Å². The van der Waals surface area contributed by atoms with Gasteiger partial charge < -0.3 is 27.5 Å². The molecule has 6 nitrogen and oxygen atoms in total. The van der Waals surface area contributed by atoms with Gasteiger partial charge in [-0.05, 0) is 111 Å². The molecule has 0 saturated heterocycles. The Labute approximate surface area is 229 Å². The molecule has 0 amide bonds. The lowest BCUT2D eigenvalue weighted by molar-refractivity contribution is 0.411. The van der Waals surface area contributed by atoms with Crippen molar-refractivity contribution < 1.29 is 27.5 Å². The lowest BCUT2D eigenvalue weighted by Crippen LogP contribution is -1.94. The molecule has 0 saturated carbocycles. The molecule has 0 radical (unpaired) electrons. The monoisotopic (exact) mass is 544 g/mol. The van der Waals surface area contributed by atoms with Gasteiger partial charge in [-0.2, -0.15) is 0 Å². The zero-order chi connectivity index (χ0) is 28.0. The number of hydrogen-bond donors (Lipinski definition) is 1. The molecule has 4 aromatic carbocycles.